The summed E-state index contributed by atoms with van der Waals surface area (Å²) in [6.07, 6.45) is 7.02. The lowest BCUT2D eigenvalue weighted by atomic mass is 9.89. The Labute approximate surface area is 108 Å². The Morgan fingerprint density at radius 1 is 1.28 bits per heavy atom. The van der Waals surface area contributed by atoms with Crippen LogP contribution >= 0.6 is 0 Å². The van der Waals surface area contributed by atoms with Gasteiger partial charge in [0.2, 0.25) is 0 Å². The zero-order valence-corrected chi connectivity index (χ0v) is 11.0. The van der Waals surface area contributed by atoms with Crippen LogP contribution in [0.3, 0.4) is 0 Å². The first-order chi connectivity index (χ1) is 8.81. The van der Waals surface area contributed by atoms with Gasteiger partial charge >= 0.3 is 0 Å². The Morgan fingerprint density at radius 3 is 2.94 bits per heavy atom. The molecule has 3 heteroatoms. The number of hydrogen-bond donors (Lipinski definition) is 2. The van der Waals surface area contributed by atoms with Gasteiger partial charge in [0, 0.05) is 12.2 Å². The largest absolute Gasteiger partial charge is 0.385 e. The van der Waals surface area contributed by atoms with Crippen LogP contribution in [-0.2, 0) is 0 Å². The van der Waals surface area contributed by atoms with Crippen molar-refractivity contribution in [3.05, 3.63) is 24.0 Å². The predicted octanol–water partition coefficient (Wildman–Crippen LogP) is 3.86. The summed E-state index contributed by atoms with van der Waals surface area (Å²) in [7, 11) is 0. The molecule has 1 aromatic heterocycles. The van der Waals surface area contributed by atoms with Crippen molar-refractivity contribution in [1.82, 2.24) is 9.97 Å². The van der Waals surface area contributed by atoms with Gasteiger partial charge < -0.3 is 10.3 Å². The van der Waals surface area contributed by atoms with Gasteiger partial charge in [0.1, 0.15) is 5.82 Å². The minimum absolute atomic E-state index is 0.859. The Kier molecular flexibility index (Phi) is 3.22. The standard InChI is InChI=1S/C15H21N3/c1-11-17-14-8-7-13(9-15(14)18-11)16-10-12-5-3-2-4-6-12/h7-9,12,16H,2-6,10H2,1H3,(H,17,18). The first kappa shape index (κ1) is 11.6. The second-order valence-corrected chi connectivity index (χ2v) is 5.44. The molecule has 96 valence electrons. The number of hydrogen-bond acceptors (Lipinski definition) is 2. The van der Waals surface area contributed by atoms with E-state index in [2.05, 4.69) is 33.5 Å². The highest BCUT2D eigenvalue weighted by atomic mass is 14.9. The van der Waals surface area contributed by atoms with Crippen molar-refractivity contribution >= 4 is 16.7 Å². The first-order valence-electron chi connectivity index (χ1n) is 7.01. The lowest BCUT2D eigenvalue weighted by Crippen LogP contribution is -2.16. The van der Waals surface area contributed by atoms with E-state index in [1.165, 1.54) is 37.8 Å². The SMILES string of the molecule is Cc1nc2ccc(NCC3CCCCC3)cc2[nH]1. The third kappa shape index (κ3) is 2.50. The van der Waals surface area contributed by atoms with E-state index in [0.717, 1.165) is 29.3 Å². The Bertz CT molecular complexity index is 524. The molecule has 1 aromatic carbocycles. The molecule has 18 heavy (non-hydrogen) atoms. The van der Waals surface area contributed by atoms with Crippen LogP contribution in [0.25, 0.3) is 11.0 Å². The predicted molar refractivity (Wildman–Crippen MR) is 75.9 cm³/mol. The number of fused-ring (bicyclic) bond motifs is 1. The van der Waals surface area contributed by atoms with Crippen LogP contribution in [0.5, 0.6) is 0 Å². The molecule has 2 N–H and O–H groups in total. The van der Waals surface area contributed by atoms with E-state index < -0.39 is 0 Å². The quantitative estimate of drug-likeness (QED) is 0.859. The molecule has 2 aromatic rings. The highest BCUT2D eigenvalue weighted by Gasteiger charge is 2.12. The second-order valence-electron chi connectivity index (χ2n) is 5.44. The molecule has 1 saturated carbocycles. The van der Waals surface area contributed by atoms with Crippen molar-refractivity contribution in [1.29, 1.82) is 0 Å². The number of aromatic nitrogens is 2. The lowest BCUT2D eigenvalue weighted by Gasteiger charge is -2.22. The van der Waals surface area contributed by atoms with Gasteiger partial charge in [0.05, 0.1) is 11.0 Å². The highest BCUT2D eigenvalue weighted by molar-refractivity contribution is 5.79. The number of imidazole rings is 1. The summed E-state index contributed by atoms with van der Waals surface area (Å²) >= 11 is 0. The fraction of sp³-hybridized carbons (Fsp3) is 0.533. The normalized spacial score (nSPS) is 17.2. The van der Waals surface area contributed by atoms with Gasteiger partial charge in [-0.3, -0.25) is 0 Å². The summed E-state index contributed by atoms with van der Waals surface area (Å²) in [5.74, 6) is 1.84. The maximum absolute atomic E-state index is 4.42. The van der Waals surface area contributed by atoms with Crippen molar-refractivity contribution in [3.8, 4) is 0 Å². The summed E-state index contributed by atoms with van der Waals surface area (Å²) < 4.78 is 0. The Balaban J connectivity index is 1.66. The van der Waals surface area contributed by atoms with E-state index in [1.54, 1.807) is 0 Å². The molecule has 0 spiro atoms. The van der Waals surface area contributed by atoms with Gasteiger partial charge in [0.15, 0.2) is 0 Å². The zero-order valence-electron chi connectivity index (χ0n) is 11.0. The summed E-state index contributed by atoms with van der Waals surface area (Å²) in [4.78, 5) is 7.71. The fourth-order valence-electron chi connectivity index (χ4n) is 2.90. The molecule has 0 unspecified atom stereocenters. The van der Waals surface area contributed by atoms with E-state index >= 15 is 0 Å². The van der Waals surface area contributed by atoms with Gasteiger partial charge in [-0.2, -0.15) is 0 Å². The molecule has 0 amide bonds. The van der Waals surface area contributed by atoms with Crippen LogP contribution < -0.4 is 5.32 Å². The summed E-state index contributed by atoms with van der Waals surface area (Å²) in [6.45, 7) is 3.10. The van der Waals surface area contributed by atoms with E-state index in [0.29, 0.717) is 0 Å². The van der Waals surface area contributed by atoms with E-state index in [4.69, 9.17) is 0 Å². The van der Waals surface area contributed by atoms with Crippen LogP contribution in [0.15, 0.2) is 18.2 Å². The van der Waals surface area contributed by atoms with Crippen LogP contribution in [0.4, 0.5) is 5.69 Å². The molecule has 0 saturated heterocycles. The molecule has 1 fully saturated rings. The molecular weight excluding hydrogens is 222 g/mol. The number of rotatable bonds is 3. The summed E-state index contributed by atoms with van der Waals surface area (Å²) in [5, 5.41) is 3.57. The van der Waals surface area contributed by atoms with Crippen molar-refractivity contribution < 1.29 is 0 Å². The number of benzene rings is 1. The fourth-order valence-corrected chi connectivity index (χ4v) is 2.90. The minimum Gasteiger partial charge on any atom is -0.385 e. The Morgan fingerprint density at radius 2 is 2.11 bits per heavy atom. The molecule has 3 rings (SSSR count). The third-order valence-electron chi connectivity index (χ3n) is 3.92. The Hall–Kier alpha value is -1.51. The molecule has 1 heterocycles. The third-order valence-corrected chi connectivity index (χ3v) is 3.92. The summed E-state index contributed by atoms with van der Waals surface area (Å²) in [5.41, 5.74) is 3.38. The van der Waals surface area contributed by atoms with Crippen molar-refractivity contribution in [2.75, 3.05) is 11.9 Å². The number of aryl methyl sites for hydroxylation is 1. The second kappa shape index (κ2) is 5.01. The maximum Gasteiger partial charge on any atom is 0.104 e. The highest BCUT2D eigenvalue weighted by Crippen LogP contribution is 2.24. The van der Waals surface area contributed by atoms with Gasteiger partial charge in [-0.1, -0.05) is 19.3 Å². The van der Waals surface area contributed by atoms with Crippen molar-refractivity contribution in [2.24, 2.45) is 5.92 Å². The van der Waals surface area contributed by atoms with Crippen molar-refractivity contribution in [2.45, 2.75) is 39.0 Å². The number of nitrogens with zero attached hydrogens (tertiary/aromatic N) is 1. The molecule has 0 radical (unpaired) electrons. The van der Waals surface area contributed by atoms with Crippen LogP contribution in [-0.4, -0.2) is 16.5 Å². The average molecular weight is 243 g/mol. The van der Waals surface area contributed by atoms with E-state index in [9.17, 15) is 0 Å². The zero-order chi connectivity index (χ0) is 12.4. The van der Waals surface area contributed by atoms with Gasteiger partial charge in [-0.05, 0) is 43.9 Å². The monoisotopic (exact) mass is 243 g/mol. The molecule has 1 aliphatic carbocycles. The smallest absolute Gasteiger partial charge is 0.104 e. The number of anilines is 1. The molecule has 0 aliphatic heterocycles. The first-order valence-corrected chi connectivity index (χ1v) is 7.01. The van der Waals surface area contributed by atoms with E-state index in [-0.39, 0.29) is 0 Å². The topological polar surface area (TPSA) is 40.7 Å². The van der Waals surface area contributed by atoms with Gasteiger partial charge in [0.25, 0.3) is 0 Å². The lowest BCUT2D eigenvalue weighted by molar-refractivity contribution is 0.373. The van der Waals surface area contributed by atoms with Crippen LogP contribution in [0.1, 0.15) is 37.9 Å². The number of aromatic amines is 1. The molecule has 1 aliphatic rings. The number of nitrogens with one attached hydrogen (secondary N) is 2. The maximum atomic E-state index is 4.42. The summed E-state index contributed by atoms with van der Waals surface area (Å²) in [6, 6.07) is 6.38. The van der Waals surface area contributed by atoms with E-state index in [1.807, 2.05) is 6.92 Å². The molecule has 3 nitrogen and oxygen atoms in total. The minimum atomic E-state index is 0.859. The number of H-pyrrole nitrogens is 1. The van der Waals surface area contributed by atoms with Gasteiger partial charge in [-0.15, -0.1) is 0 Å². The van der Waals surface area contributed by atoms with Crippen LogP contribution in [0, 0.1) is 12.8 Å². The molecule has 0 bridgehead atoms. The van der Waals surface area contributed by atoms with Gasteiger partial charge in [-0.25, -0.2) is 4.98 Å². The molecule has 0 atom stereocenters. The average Bonchev–Trinajstić information content (AvgIpc) is 2.77. The van der Waals surface area contributed by atoms with Crippen LogP contribution in [0.2, 0.25) is 0 Å². The van der Waals surface area contributed by atoms with Crippen molar-refractivity contribution in [3.63, 3.8) is 0 Å². The molecular formula is C15H21N3.